The number of phenolic OH excluding ortho intramolecular Hbond substituents is 1. The van der Waals surface area contributed by atoms with E-state index in [9.17, 15) is 5.11 Å². The zero-order valence-corrected chi connectivity index (χ0v) is 10.9. The number of aromatic hydroxyl groups is 1. The van der Waals surface area contributed by atoms with Crippen molar-refractivity contribution in [1.29, 1.82) is 0 Å². The molecule has 0 heterocycles. The third-order valence-electron chi connectivity index (χ3n) is 2.09. The Balaban J connectivity index is 0.00000106. The summed E-state index contributed by atoms with van der Waals surface area (Å²) in [4.78, 5) is 2.12. The maximum atomic E-state index is 9.38. The van der Waals surface area contributed by atoms with E-state index in [1.54, 1.807) is 13.2 Å². The summed E-state index contributed by atoms with van der Waals surface area (Å²) in [5, 5.41) is 9.38. The van der Waals surface area contributed by atoms with Gasteiger partial charge >= 0.3 is 0 Å². The van der Waals surface area contributed by atoms with Crippen LogP contribution in [-0.4, -0.2) is 37.8 Å². The first-order valence-electron chi connectivity index (χ1n) is 5.64. The number of ether oxygens (including phenoxy) is 1. The molecule has 0 aliphatic rings. The van der Waals surface area contributed by atoms with Gasteiger partial charge in [0, 0.05) is 6.54 Å². The van der Waals surface area contributed by atoms with E-state index in [2.05, 4.69) is 4.90 Å². The second-order valence-corrected chi connectivity index (χ2v) is 3.56. The number of methoxy groups -OCH3 is 1. The molecule has 0 spiro atoms. The van der Waals surface area contributed by atoms with E-state index in [1.807, 2.05) is 40.1 Å². The number of likely N-dealkylation sites (N-methyl/N-ethyl adjacent to an activating group) is 1. The summed E-state index contributed by atoms with van der Waals surface area (Å²) in [6, 6.07) is 5.46. The van der Waals surface area contributed by atoms with Crippen LogP contribution in [0.4, 0.5) is 0 Å². The van der Waals surface area contributed by atoms with Gasteiger partial charge in [-0.25, -0.2) is 0 Å². The van der Waals surface area contributed by atoms with Crippen LogP contribution in [-0.2, 0) is 6.42 Å². The number of hydrogen-bond acceptors (Lipinski definition) is 3. The van der Waals surface area contributed by atoms with E-state index in [-0.39, 0.29) is 5.75 Å². The Hall–Kier alpha value is -1.22. The lowest BCUT2D eigenvalue weighted by Gasteiger charge is -2.10. The molecule has 0 saturated heterocycles. The van der Waals surface area contributed by atoms with E-state index in [1.165, 1.54) is 5.56 Å². The van der Waals surface area contributed by atoms with E-state index < -0.39 is 0 Å². The SMILES string of the molecule is CC.COc1cc(CCN(C)C)ccc1O. The van der Waals surface area contributed by atoms with Gasteiger partial charge in [0.15, 0.2) is 11.5 Å². The lowest BCUT2D eigenvalue weighted by molar-refractivity contribution is 0.372. The molecule has 3 heteroatoms. The summed E-state index contributed by atoms with van der Waals surface area (Å²) in [6.45, 7) is 4.99. The molecule has 16 heavy (non-hydrogen) atoms. The van der Waals surface area contributed by atoms with E-state index >= 15 is 0 Å². The minimum atomic E-state index is 0.195. The van der Waals surface area contributed by atoms with Gasteiger partial charge in [-0.15, -0.1) is 0 Å². The summed E-state index contributed by atoms with van der Waals surface area (Å²) in [5.41, 5.74) is 1.17. The van der Waals surface area contributed by atoms with Crippen molar-refractivity contribution in [2.75, 3.05) is 27.7 Å². The molecule has 0 fully saturated rings. The lowest BCUT2D eigenvalue weighted by Crippen LogP contribution is -2.14. The van der Waals surface area contributed by atoms with Gasteiger partial charge < -0.3 is 14.7 Å². The molecule has 0 unspecified atom stereocenters. The Kier molecular flexibility index (Phi) is 7.38. The van der Waals surface area contributed by atoms with Gasteiger partial charge in [-0.3, -0.25) is 0 Å². The van der Waals surface area contributed by atoms with Crippen LogP contribution in [0.2, 0.25) is 0 Å². The molecular formula is C13H23NO2. The molecule has 1 N–H and O–H groups in total. The van der Waals surface area contributed by atoms with Crippen molar-refractivity contribution < 1.29 is 9.84 Å². The Bertz CT molecular complexity index is 298. The third kappa shape index (κ3) is 5.03. The van der Waals surface area contributed by atoms with E-state index in [4.69, 9.17) is 4.74 Å². The highest BCUT2D eigenvalue weighted by molar-refractivity contribution is 5.41. The van der Waals surface area contributed by atoms with Gasteiger partial charge in [0.2, 0.25) is 0 Å². The molecule has 1 aromatic rings. The van der Waals surface area contributed by atoms with Gasteiger partial charge in [0.25, 0.3) is 0 Å². The first-order valence-corrected chi connectivity index (χ1v) is 5.64. The molecule has 0 saturated carbocycles. The fourth-order valence-electron chi connectivity index (χ4n) is 1.23. The highest BCUT2D eigenvalue weighted by Gasteiger charge is 2.02. The monoisotopic (exact) mass is 225 g/mol. The molecular weight excluding hydrogens is 202 g/mol. The minimum absolute atomic E-state index is 0.195. The molecule has 0 aliphatic heterocycles. The van der Waals surface area contributed by atoms with Crippen LogP contribution in [0.5, 0.6) is 11.5 Å². The zero-order valence-electron chi connectivity index (χ0n) is 10.9. The quantitative estimate of drug-likeness (QED) is 0.854. The van der Waals surface area contributed by atoms with Crippen molar-refractivity contribution in [3.8, 4) is 11.5 Å². The maximum absolute atomic E-state index is 9.38. The van der Waals surface area contributed by atoms with Crippen LogP contribution < -0.4 is 4.74 Å². The molecule has 1 aromatic carbocycles. The lowest BCUT2D eigenvalue weighted by atomic mass is 10.1. The molecule has 92 valence electrons. The molecule has 0 aliphatic carbocycles. The van der Waals surface area contributed by atoms with Crippen molar-refractivity contribution in [3.63, 3.8) is 0 Å². The van der Waals surface area contributed by atoms with E-state index in [0.717, 1.165) is 13.0 Å². The first kappa shape index (κ1) is 14.8. The fourth-order valence-corrected chi connectivity index (χ4v) is 1.23. The average molecular weight is 225 g/mol. The van der Waals surface area contributed by atoms with E-state index in [0.29, 0.717) is 5.75 Å². The molecule has 0 bridgehead atoms. The zero-order chi connectivity index (χ0) is 12.6. The van der Waals surface area contributed by atoms with Crippen molar-refractivity contribution in [1.82, 2.24) is 4.90 Å². The standard InChI is InChI=1S/C11H17NO2.C2H6/c1-12(2)7-6-9-4-5-10(13)11(8-9)14-3;1-2/h4-5,8,13H,6-7H2,1-3H3;1-2H3. The van der Waals surface area contributed by atoms with Gasteiger partial charge in [0.05, 0.1) is 7.11 Å². The Morgan fingerprint density at radius 3 is 2.38 bits per heavy atom. The second-order valence-electron chi connectivity index (χ2n) is 3.56. The first-order chi connectivity index (χ1) is 7.63. The smallest absolute Gasteiger partial charge is 0.160 e. The number of rotatable bonds is 4. The van der Waals surface area contributed by atoms with Gasteiger partial charge in [-0.2, -0.15) is 0 Å². The summed E-state index contributed by atoms with van der Waals surface area (Å²) in [6.07, 6.45) is 0.962. The van der Waals surface area contributed by atoms with Crippen molar-refractivity contribution >= 4 is 0 Å². The molecule has 0 amide bonds. The van der Waals surface area contributed by atoms with Crippen LogP contribution in [0.25, 0.3) is 0 Å². The maximum Gasteiger partial charge on any atom is 0.160 e. The number of benzene rings is 1. The van der Waals surface area contributed by atoms with Crippen LogP contribution >= 0.6 is 0 Å². The predicted octanol–water partition coefficient (Wildman–Crippen LogP) is 2.53. The highest BCUT2D eigenvalue weighted by atomic mass is 16.5. The minimum Gasteiger partial charge on any atom is -0.504 e. The summed E-state index contributed by atoms with van der Waals surface area (Å²) in [5.74, 6) is 0.738. The van der Waals surface area contributed by atoms with Crippen LogP contribution in [0.1, 0.15) is 19.4 Å². The van der Waals surface area contributed by atoms with Crippen LogP contribution in [0.3, 0.4) is 0 Å². The molecule has 0 aromatic heterocycles. The second kappa shape index (κ2) is 7.99. The summed E-state index contributed by atoms with van der Waals surface area (Å²) >= 11 is 0. The summed E-state index contributed by atoms with van der Waals surface area (Å²) < 4.78 is 5.03. The van der Waals surface area contributed by atoms with Crippen molar-refractivity contribution in [2.45, 2.75) is 20.3 Å². The number of nitrogens with zero attached hydrogens (tertiary/aromatic N) is 1. The number of phenols is 1. The van der Waals surface area contributed by atoms with Crippen LogP contribution in [0, 0.1) is 0 Å². The Morgan fingerprint density at radius 2 is 1.88 bits per heavy atom. The number of hydrogen-bond donors (Lipinski definition) is 1. The predicted molar refractivity (Wildman–Crippen MR) is 68.3 cm³/mol. The fraction of sp³-hybridized carbons (Fsp3) is 0.538. The van der Waals surface area contributed by atoms with Crippen LogP contribution in [0.15, 0.2) is 18.2 Å². The topological polar surface area (TPSA) is 32.7 Å². The average Bonchev–Trinajstić information content (AvgIpc) is 2.30. The van der Waals surface area contributed by atoms with Crippen molar-refractivity contribution in [3.05, 3.63) is 23.8 Å². The molecule has 3 nitrogen and oxygen atoms in total. The third-order valence-corrected chi connectivity index (χ3v) is 2.09. The van der Waals surface area contributed by atoms with Crippen molar-refractivity contribution in [2.24, 2.45) is 0 Å². The van der Waals surface area contributed by atoms with Gasteiger partial charge in [0.1, 0.15) is 0 Å². The largest absolute Gasteiger partial charge is 0.504 e. The normalized spacial score (nSPS) is 9.62. The highest BCUT2D eigenvalue weighted by Crippen LogP contribution is 2.26. The summed E-state index contributed by atoms with van der Waals surface area (Å²) in [7, 11) is 5.64. The Labute approximate surface area is 98.7 Å². The molecule has 0 radical (unpaired) electrons. The molecule has 0 atom stereocenters. The Morgan fingerprint density at radius 1 is 1.25 bits per heavy atom. The van der Waals surface area contributed by atoms with Gasteiger partial charge in [-0.1, -0.05) is 19.9 Å². The van der Waals surface area contributed by atoms with Gasteiger partial charge in [-0.05, 0) is 38.2 Å². The molecule has 1 rings (SSSR count).